The summed E-state index contributed by atoms with van der Waals surface area (Å²) in [7, 11) is 0. The minimum Gasteiger partial charge on any atom is -0.397 e. The number of rotatable bonds is 3. The number of nitrogens with two attached hydrogens (primary N) is 1. The number of para-hydroxylation sites is 2. The van der Waals surface area contributed by atoms with Crippen molar-refractivity contribution in [2.75, 3.05) is 11.1 Å². The second kappa shape index (κ2) is 9.32. The lowest BCUT2D eigenvalue weighted by atomic mass is 9.79. The lowest BCUT2D eigenvalue weighted by molar-refractivity contribution is -0.0102. The van der Waals surface area contributed by atoms with E-state index in [9.17, 15) is 0 Å². The molecule has 1 aromatic rings. The average Bonchev–Trinajstić information content (AvgIpc) is 2.67. The zero-order valence-corrected chi connectivity index (χ0v) is 17.0. The van der Waals surface area contributed by atoms with Crippen LogP contribution in [-0.4, -0.2) is 29.1 Å². The van der Waals surface area contributed by atoms with E-state index < -0.39 is 0 Å². The molecule has 150 valence electrons. The normalized spacial score (nSPS) is 31.3. The molecule has 0 radical (unpaired) electrons. The van der Waals surface area contributed by atoms with Gasteiger partial charge in [0.15, 0.2) is 0 Å². The molecule has 1 aliphatic carbocycles. The molecular formula is C24H39N3. The van der Waals surface area contributed by atoms with E-state index in [1.54, 1.807) is 0 Å². The van der Waals surface area contributed by atoms with Crippen molar-refractivity contribution in [3.63, 3.8) is 0 Å². The Bertz CT molecular complexity index is 563. The number of piperidine rings is 2. The van der Waals surface area contributed by atoms with Crippen LogP contribution >= 0.6 is 0 Å². The zero-order valence-electron chi connectivity index (χ0n) is 17.0. The van der Waals surface area contributed by atoms with Crippen LogP contribution in [0.4, 0.5) is 11.4 Å². The van der Waals surface area contributed by atoms with Gasteiger partial charge in [0.1, 0.15) is 0 Å². The summed E-state index contributed by atoms with van der Waals surface area (Å²) in [6.07, 6.45) is 19.9. The molecule has 0 spiro atoms. The summed E-state index contributed by atoms with van der Waals surface area (Å²) in [6, 6.07) is 11.3. The van der Waals surface area contributed by atoms with Crippen molar-refractivity contribution in [3.05, 3.63) is 24.3 Å². The molecule has 2 atom stereocenters. The number of benzene rings is 1. The Morgan fingerprint density at radius 1 is 0.704 bits per heavy atom. The van der Waals surface area contributed by atoms with Crippen molar-refractivity contribution in [1.29, 1.82) is 0 Å². The smallest absolute Gasteiger partial charge is 0.0576 e. The monoisotopic (exact) mass is 369 g/mol. The van der Waals surface area contributed by atoms with Crippen LogP contribution in [0.15, 0.2) is 24.3 Å². The molecule has 0 amide bonds. The third-order valence-corrected chi connectivity index (χ3v) is 7.35. The van der Waals surface area contributed by atoms with Crippen molar-refractivity contribution in [2.24, 2.45) is 0 Å². The second-order valence-corrected chi connectivity index (χ2v) is 9.29. The minimum absolute atomic E-state index is 0.584. The first-order valence-corrected chi connectivity index (χ1v) is 11.7. The Labute approximate surface area is 166 Å². The van der Waals surface area contributed by atoms with Gasteiger partial charge in [-0.05, 0) is 50.7 Å². The first kappa shape index (κ1) is 19.1. The van der Waals surface area contributed by atoms with Gasteiger partial charge >= 0.3 is 0 Å². The van der Waals surface area contributed by atoms with Crippen molar-refractivity contribution >= 4 is 11.4 Å². The highest BCUT2D eigenvalue weighted by Crippen LogP contribution is 2.39. The molecule has 2 aliphatic heterocycles. The summed E-state index contributed by atoms with van der Waals surface area (Å²) in [5, 5.41) is 3.79. The maximum Gasteiger partial charge on any atom is 0.0576 e. The van der Waals surface area contributed by atoms with Gasteiger partial charge in [-0.2, -0.15) is 0 Å². The predicted octanol–water partition coefficient (Wildman–Crippen LogP) is 5.96. The van der Waals surface area contributed by atoms with Crippen LogP contribution < -0.4 is 11.1 Å². The minimum atomic E-state index is 0.584. The lowest BCUT2D eigenvalue weighted by Gasteiger charge is -2.53. The van der Waals surface area contributed by atoms with Crippen LogP contribution in [0.3, 0.4) is 0 Å². The van der Waals surface area contributed by atoms with Gasteiger partial charge < -0.3 is 11.1 Å². The maximum atomic E-state index is 6.18. The molecular weight excluding hydrogens is 330 g/mol. The number of anilines is 2. The predicted molar refractivity (Wildman–Crippen MR) is 116 cm³/mol. The second-order valence-electron chi connectivity index (χ2n) is 9.29. The largest absolute Gasteiger partial charge is 0.397 e. The molecule has 4 rings (SSSR count). The average molecular weight is 370 g/mol. The third kappa shape index (κ3) is 4.80. The summed E-state index contributed by atoms with van der Waals surface area (Å²) < 4.78 is 0. The van der Waals surface area contributed by atoms with Gasteiger partial charge in [-0.25, -0.2) is 0 Å². The molecule has 3 nitrogen and oxygen atoms in total. The van der Waals surface area contributed by atoms with E-state index in [1.165, 1.54) is 89.9 Å². The Balaban J connectivity index is 1.42. The molecule has 0 aromatic heterocycles. The van der Waals surface area contributed by atoms with Crippen LogP contribution in [0.1, 0.15) is 89.9 Å². The lowest BCUT2D eigenvalue weighted by Crippen LogP contribution is -2.58. The van der Waals surface area contributed by atoms with Crippen molar-refractivity contribution in [3.8, 4) is 0 Å². The number of nitrogen functional groups attached to an aromatic ring is 1. The fraction of sp³-hybridized carbons (Fsp3) is 0.750. The molecule has 2 unspecified atom stereocenters. The molecule has 3 aliphatic rings. The summed E-state index contributed by atoms with van der Waals surface area (Å²) >= 11 is 0. The van der Waals surface area contributed by atoms with E-state index in [4.69, 9.17) is 5.73 Å². The Hall–Kier alpha value is -1.22. The van der Waals surface area contributed by atoms with Crippen molar-refractivity contribution < 1.29 is 0 Å². The Morgan fingerprint density at radius 2 is 1.26 bits per heavy atom. The van der Waals surface area contributed by atoms with Crippen LogP contribution in [0.5, 0.6) is 0 Å². The highest BCUT2D eigenvalue weighted by Gasteiger charge is 2.41. The Morgan fingerprint density at radius 3 is 1.89 bits per heavy atom. The Kier molecular flexibility index (Phi) is 6.60. The topological polar surface area (TPSA) is 41.3 Å². The van der Waals surface area contributed by atoms with Crippen LogP contribution in [0, 0.1) is 0 Å². The number of nitrogens with one attached hydrogen (secondary N) is 1. The van der Waals surface area contributed by atoms with Crippen LogP contribution in [-0.2, 0) is 0 Å². The molecule has 27 heavy (non-hydrogen) atoms. The van der Waals surface area contributed by atoms with Gasteiger partial charge in [0.25, 0.3) is 0 Å². The molecule has 3 N–H and O–H groups in total. The summed E-state index contributed by atoms with van der Waals surface area (Å²) in [6.45, 7) is 0. The highest BCUT2D eigenvalue weighted by molar-refractivity contribution is 5.66. The van der Waals surface area contributed by atoms with E-state index >= 15 is 0 Å². The molecule has 2 bridgehead atoms. The van der Waals surface area contributed by atoms with Gasteiger partial charge in [0.2, 0.25) is 0 Å². The van der Waals surface area contributed by atoms with Gasteiger partial charge in [0.05, 0.1) is 11.4 Å². The van der Waals surface area contributed by atoms with Gasteiger partial charge in [-0.3, -0.25) is 4.90 Å². The van der Waals surface area contributed by atoms with E-state index in [0.717, 1.165) is 29.5 Å². The van der Waals surface area contributed by atoms with Gasteiger partial charge in [-0.1, -0.05) is 63.5 Å². The van der Waals surface area contributed by atoms with E-state index in [-0.39, 0.29) is 0 Å². The van der Waals surface area contributed by atoms with Gasteiger partial charge in [-0.15, -0.1) is 0 Å². The number of hydrogen-bond acceptors (Lipinski definition) is 3. The van der Waals surface area contributed by atoms with Crippen molar-refractivity contribution in [2.45, 2.75) is 114 Å². The molecule has 2 heterocycles. The SMILES string of the molecule is Nc1ccccc1NC1CC2CCCC(C1)N2C1CCCCCCCCC1. The maximum absolute atomic E-state index is 6.18. The van der Waals surface area contributed by atoms with E-state index in [1.807, 2.05) is 12.1 Å². The van der Waals surface area contributed by atoms with Crippen molar-refractivity contribution in [1.82, 2.24) is 4.90 Å². The fourth-order valence-corrected chi connectivity index (χ4v) is 6.07. The first-order valence-electron chi connectivity index (χ1n) is 11.7. The van der Waals surface area contributed by atoms with E-state index in [2.05, 4.69) is 22.3 Å². The number of fused-ring (bicyclic) bond motifs is 2. The third-order valence-electron chi connectivity index (χ3n) is 7.35. The molecule has 3 heteroatoms. The standard InChI is InChI=1S/C24H39N3/c25-23-15-8-9-16-24(23)26-19-17-21-13-10-14-22(18-19)27(21)20-11-6-4-2-1-3-5-7-12-20/h8-9,15-16,19-22,26H,1-7,10-14,17-18,25H2. The highest BCUT2D eigenvalue weighted by atomic mass is 15.2. The summed E-state index contributed by atoms with van der Waals surface area (Å²) in [5.74, 6) is 0. The molecule has 3 fully saturated rings. The van der Waals surface area contributed by atoms with Crippen LogP contribution in [0.25, 0.3) is 0 Å². The van der Waals surface area contributed by atoms with Gasteiger partial charge in [0, 0.05) is 24.2 Å². The fourth-order valence-electron chi connectivity index (χ4n) is 6.07. The molecule has 2 saturated heterocycles. The first-order chi connectivity index (χ1) is 13.3. The zero-order chi connectivity index (χ0) is 18.5. The molecule has 1 aromatic carbocycles. The molecule has 1 saturated carbocycles. The summed E-state index contributed by atoms with van der Waals surface area (Å²) in [4.78, 5) is 3.01. The van der Waals surface area contributed by atoms with Crippen LogP contribution in [0.2, 0.25) is 0 Å². The number of nitrogens with zero attached hydrogens (tertiary/aromatic N) is 1. The quantitative estimate of drug-likeness (QED) is 0.646. The number of hydrogen-bond donors (Lipinski definition) is 2. The summed E-state index contributed by atoms with van der Waals surface area (Å²) in [5.41, 5.74) is 8.20. The van der Waals surface area contributed by atoms with E-state index in [0.29, 0.717) is 6.04 Å².